The molecule has 16 nitrogen and oxygen atoms in total. The second-order valence-electron chi connectivity index (χ2n) is 12.9. The van der Waals surface area contributed by atoms with E-state index in [1.165, 1.54) is 0 Å². The first kappa shape index (κ1) is 39.4. The van der Waals surface area contributed by atoms with Crippen LogP contribution in [0.1, 0.15) is 59.9 Å². The van der Waals surface area contributed by atoms with Crippen LogP contribution in [-0.2, 0) is 26.1 Å². The number of nitrogens with one attached hydrogen (secondary N) is 4. The minimum Gasteiger partial charge on any atom is -0.497 e. The fourth-order valence-electron chi connectivity index (χ4n) is 6.63. The number of methoxy groups -OCH3 is 1. The summed E-state index contributed by atoms with van der Waals surface area (Å²) in [5, 5.41) is 20.2. The fourth-order valence-corrected chi connectivity index (χ4v) is 6.63. The summed E-state index contributed by atoms with van der Waals surface area (Å²) in [5.74, 6) is -0.429. The van der Waals surface area contributed by atoms with Crippen LogP contribution in [0, 0.1) is 5.92 Å². The van der Waals surface area contributed by atoms with Gasteiger partial charge in [0.1, 0.15) is 17.5 Å². The average Bonchev–Trinajstić information content (AvgIpc) is 3.44. The summed E-state index contributed by atoms with van der Waals surface area (Å²) in [6.07, 6.45) is 3.83. The first-order chi connectivity index (χ1) is 24.6. The van der Waals surface area contributed by atoms with E-state index in [-0.39, 0.29) is 87.5 Å². The van der Waals surface area contributed by atoms with Gasteiger partial charge >= 0.3 is 6.09 Å². The highest BCUT2D eigenvalue weighted by Crippen LogP contribution is 2.31. The van der Waals surface area contributed by atoms with Crippen molar-refractivity contribution >= 4 is 40.6 Å². The molecule has 1 aliphatic carbocycles. The normalized spacial score (nSPS) is 16.4. The molecule has 1 aromatic heterocycles. The Morgan fingerprint density at radius 1 is 0.902 bits per heavy atom. The topological polar surface area (TPSA) is 193 Å². The molecule has 16 heteroatoms. The molecule has 2 aliphatic rings. The van der Waals surface area contributed by atoms with E-state index in [0.717, 1.165) is 32.1 Å². The quantitative estimate of drug-likeness (QED) is 0.149. The van der Waals surface area contributed by atoms with Crippen molar-refractivity contribution in [2.75, 3.05) is 79.9 Å². The maximum atomic E-state index is 14.2. The third-order valence-electron chi connectivity index (χ3n) is 9.65. The monoisotopic (exact) mass is 715 g/mol. The summed E-state index contributed by atoms with van der Waals surface area (Å²) in [4.78, 5) is 68.5. The number of ether oxygens (including phenoxy) is 3. The first-order valence-corrected chi connectivity index (χ1v) is 17.7. The molecule has 0 unspecified atom stereocenters. The van der Waals surface area contributed by atoms with Crippen molar-refractivity contribution < 1.29 is 43.3 Å². The number of benzene rings is 1. The van der Waals surface area contributed by atoms with Crippen LogP contribution in [0.2, 0.25) is 0 Å². The van der Waals surface area contributed by atoms with E-state index in [1.807, 2.05) is 0 Å². The van der Waals surface area contributed by atoms with Gasteiger partial charge < -0.3 is 55.0 Å². The zero-order chi connectivity index (χ0) is 36.9. The summed E-state index contributed by atoms with van der Waals surface area (Å²) in [6.45, 7) is 4.24. The molecule has 1 saturated heterocycles. The van der Waals surface area contributed by atoms with E-state index in [4.69, 9.17) is 19.3 Å². The van der Waals surface area contributed by atoms with Crippen LogP contribution in [0.25, 0.3) is 10.9 Å². The zero-order valence-corrected chi connectivity index (χ0v) is 30.1. The van der Waals surface area contributed by atoms with Crippen molar-refractivity contribution in [3.8, 4) is 5.75 Å². The summed E-state index contributed by atoms with van der Waals surface area (Å²) in [5.41, 5.74) is 1.13. The lowest BCUT2D eigenvalue weighted by atomic mass is 9.83. The van der Waals surface area contributed by atoms with Gasteiger partial charge in [-0.2, -0.15) is 0 Å². The Balaban J connectivity index is 1.41. The van der Waals surface area contributed by atoms with Gasteiger partial charge in [-0.25, -0.2) is 4.79 Å². The minimum atomic E-state index is -1.11. The molecular formula is C35H53N7O9. The number of hydrogen-bond donors (Lipinski definition) is 5. The molecule has 1 aromatic carbocycles. The van der Waals surface area contributed by atoms with Crippen LogP contribution < -0.4 is 26.0 Å². The number of piperazine rings is 1. The van der Waals surface area contributed by atoms with Gasteiger partial charge in [0.15, 0.2) is 0 Å². The summed E-state index contributed by atoms with van der Waals surface area (Å²) < 4.78 is 18.0. The maximum absolute atomic E-state index is 14.2. The Kier molecular flexibility index (Phi) is 14.9. The number of nitrogens with zero attached hydrogens (tertiary/aromatic N) is 3. The molecule has 2 atom stereocenters. The number of hydrogen-bond acceptors (Lipinski definition) is 9. The second-order valence-corrected chi connectivity index (χ2v) is 12.9. The second kappa shape index (κ2) is 19.3. The molecule has 51 heavy (non-hydrogen) atoms. The third kappa shape index (κ3) is 10.3. The minimum absolute atomic E-state index is 0.0690. The number of amides is 5. The molecule has 5 amide bonds. The Labute approximate surface area is 298 Å². The van der Waals surface area contributed by atoms with Crippen molar-refractivity contribution in [1.29, 1.82) is 0 Å². The first-order valence-electron chi connectivity index (χ1n) is 17.7. The average molecular weight is 716 g/mol. The number of carbonyl (C=O) groups excluding carboxylic acids is 4. The van der Waals surface area contributed by atoms with E-state index >= 15 is 0 Å². The van der Waals surface area contributed by atoms with Gasteiger partial charge in [-0.3, -0.25) is 19.2 Å². The zero-order valence-electron chi connectivity index (χ0n) is 30.1. The molecule has 4 rings (SSSR count). The molecule has 2 heterocycles. The van der Waals surface area contributed by atoms with E-state index < -0.39 is 24.1 Å². The van der Waals surface area contributed by atoms with Gasteiger partial charge in [0.25, 0.3) is 11.8 Å². The maximum Gasteiger partial charge on any atom is 0.404 e. The van der Waals surface area contributed by atoms with Gasteiger partial charge in [-0.05, 0) is 44.9 Å². The standard InChI is InChI=1S/C35H53N7O9/c1-23(36-2)31(43)39-29(24-8-6-5-7-9-24)33(45)41-14-16-42(17-15-41)34(46)30-28(26-11-10-25(49-4)22-27(26)40(30)3)32(44)37-12-18-50-20-21-51-19-13-38-35(47)48/h10-11,22-24,29,36,38H,5-9,12-21H2,1-4H3,(H,37,44)(H,39,43)(H,47,48)/t23-,29-/m0/s1. The highest BCUT2D eigenvalue weighted by Gasteiger charge is 2.37. The number of aryl methyl sites for hydroxylation is 1. The highest BCUT2D eigenvalue weighted by atomic mass is 16.5. The number of fused-ring (bicyclic) bond motifs is 1. The van der Waals surface area contributed by atoms with Crippen molar-refractivity contribution in [3.05, 3.63) is 29.5 Å². The Hall–Kier alpha value is -4.41. The van der Waals surface area contributed by atoms with E-state index in [2.05, 4.69) is 21.3 Å². The summed E-state index contributed by atoms with van der Waals surface area (Å²) in [6, 6.07) is 4.24. The lowest BCUT2D eigenvalue weighted by molar-refractivity contribution is -0.140. The molecule has 2 fully saturated rings. The predicted molar refractivity (Wildman–Crippen MR) is 189 cm³/mol. The fraction of sp³-hybridized carbons (Fsp3) is 0.629. The van der Waals surface area contributed by atoms with E-state index in [1.54, 1.807) is 60.7 Å². The van der Waals surface area contributed by atoms with Gasteiger partial charge in [-0.15, -0.1) is 0 Å². The Bertz CT molecular complexity index is 1520. The van der Waals surface area contributed by atoms with Crippen molar-refractivity contribution in [2.45, 2.75) is 51.1 Å². The highest BCUT2D eigenvalue weighted by molar-refractivity contribution is 6.16. The van der Waals surface area contributed by atoms with Crippen LogP contribution in [0.5, 0.6) is 5.75 Å². The molecule has 5 N–H and O–H groups in total. The molecule has 0 bridgehead atoms. The van der Waals surface area contributed by atoms with E-state index in [9.17, 15) is 24.0 Å². The predicted octanol–water partition coefficient (Wildman–Crippen LogP) is 1.17. The van der Waals surface area contributed by atoms with Crippen molar-refractivity contribution in [2.24, 2.45) is 13.0 Å². The van der Waals surface area contributed by atoms with Gasteiger partial charge in [0.05, 0.1) is 50.7 Å². The van der Waals surface area contributed by atoms with Gasteiger partial charge in [0.2, 0.25) is 11.8 Å². The molecule has 1 saturated carbocycles. The third-order valence-corrected chi connectivity index (χ3v) is 9.65. The molecule has 2 aromatic rings. The number of likely N-dealkylation sites (N-methyl/N-ethyl adjacent to an activating group) is 1. The van der Waals surface area contributed by atoms with Gasteiger partial charge in [0, 0.05) is 57.8 Å². The van der Waals surface area contributed by atoms with Crippen LogP contribution in [0.3, 0.4) is 0 Å². The van der Waals surface area contributed by atoms with Crippen LogP contribution in [0.15, 0.2) is 18.2 Å². The molecule has 0 radical (unpaired) electrons. The van der Waals surface area contributed by atoms with Crippen LogP contribution in [0.4, 0.5) is 4.79 Å². The lowest BCUT2D eigenvalue weighted by Crippen LogP contribution is -2.59. The van der Waals surface area contributed by atoms with Gasteiger partial charge in [-0.1, -0.05) is 19.3 Å². The number of aromatic nitrogens is 1. The SMILES string of the molecule is CN[C@@H](C)C(=O)N[C@H](C(=O)N1CCN(C(=O)c2c(C(=O)NCCOCCOCCNC(=O)O)c3ccc(OC)cc3n2C)CC1)C1CCCCC1. The summed E-state index contributed by atoms with van der Waals surface area (Å²) >= 11 is 0. The molecule has 1 aliphatic heterocycles. The lowest BCUT2D eigenvalue weighted by Gasteiger charge is -2.39. The number of carbonyl (C=O) groups is 5. The summed E-state index contributed by atoms with van der Waals surface area (Å²) in [7, 11) is 5.00. The van der Waals surface area contributed by atoms with Crippen molar-refractivity contribution in [1.82, 2.24) is 35.6 Å². The number of rotatable bonds is 17. The number of carboxylic acid groups (broad SMARTS) is 1. The molecule has 0 spiro atoms. The molecular weight excluding hydrogens is 662 g/mol. The van der Waals surface area contributed by atoms with Crippen LogP contribution in [-0.4, -0.2) is 141 Å². The molecule has 282 valence electrons. The van der Waals surface area contributed by atoms with E-state index in [0.29, 0.717) is 29.7 Å². The Morgan fingerprint density at radius 3 is 2.14 bits per heavy atom. The Morgan fingerprint density at radius 2 is 1.53 bits per heavy atom. The smallest absolute Gasteiger partial charge is 0.404 e. The largest absolute Gasteiger partial charge is 0.497 e. The van der Waals surface area contributed by atoms with Crippen molar-refractivity contribution in [3.63, 3.8) is 0 Å². The van der Waals surface area contributed by atoms with Crippen LogP contribution >= 0.6 is 0 Å².